The van der Waals surface area contributed by atoms with Crippen LogP contribution in [0, 0.1) is 5.92 Å². The summed E-state index contributed by atoms with van der Waals surface area (Å²) in [5, 5.41) is 0. The van der Waals surface area contributed by atoms with Gasteiger partial charge in [-0.25, -0.2) is 0 Å². The molecule has 0 amide bonds. The molecule has 2 unspecified atom stereocenters. The number of hydrogen-bond donors (Lipinski definition) is 0. The molecule has 14 heavy (non-hydrogen) atoms. The fraction of sp³-hybridized carbons (Fsp3) is 1.00. The molecule has 0 aliphatic carbocycles. The maximum absolute atomic E-state index is 5.71. The highest BCUT2D eigenvalue weighted by molar-refractivity contribution is 4.78. The van der Waals surface area contributed by atoms with Crippen LogP contribution in [0.15, 0.2) is 0 Å². The normalized spacial score (nSPS) is 33.6. The van der Waals surface area contributed by atoms with Crippen molar-refractivity contribution in [3.8, 4) is 0 Å². The van der Waals surface area contributed by atoms with Crippen molar-refractivity contribution in [2.45, 2.75) is 52.3 Å². The molecule has 2 nitrogen and oxygen atoms in total. The van der Waals surface area contributed by atoms with Gasteiger partial charge in [-0.15, -0.1) is 0 Å². The van der Waals surface area contributed by atoms with Crippen LogP contribution in [0.5, 0.6) is 0 Å². The minimum Gasteiger partial charge on any atom is -0.332 e. The lowest BCUT2D eigenvalue weighted by Crippen LogP contribution is -2.62. The molecule has 0 aromatic carbocycles. The van der Waals surface area contributed by atoms with Gasteiger partial charge < -0.3 is 4.74 Å². The first-order valence-electron chi connectivity index (χ1n) is 5.73. The molecule has 1 fully saturated rings. The lowest BCUT2D eigenvalue weighted by Gasteiger charge is -2.48. The zero-order chi connectivity index (χ0) is 11.0. The molecular weight excluding hydrogens is 174 g/mol. The smallest absolute Gasteiger partial charge is 0.195 e. The van der Waals surface area contributed by atoms with Gasteiger partial charge in [0.25, 0.3) is 0 Å². The van der Waals surface area contributed by atoms with Crippen LogP contribution >= 0.6 is 0 Å². The van der Waals surface area contributed by atoms with Gasteiger partial charge in [0.15, 0.2) is 6.23 Å². The second-order valence-corrected chi connectivity index (χ2v) is 5.78. The highest BCUT2D eigenvalue weighted by Gasteiger charge is 2.50. The van der Waals surface area contributed by atoms with Gasteiger partial charge in [0.1, 0.15) is 0 Å². The van der Waals surface area contributed by atoms with E-state index in [9.17, 15) is 0 Å². The van der Waals surface area contributed by atoms with Crippen molar-refractivity contribution in [3.05, 3.63) is 0 Å². The third-order valence-corrected chi connectivity index (χ3v) is 4.17. The Hall–Kier alpha value is -0.0800. The summed E-state index contributed by atoms with van der Waals surface area (Å²) in [6, 6.07) is 0. The number of hydrogen-bond acceptors (Lipinski definition) is 1. The van der Waals surface area contributed by atoms with Crippen molar-refractivity contribution in [2.75, 3.05) is 20.7 Å². The quantitative estimate of drug-likeness (QED) is 0.636. The minimum absolute atomic E-state index is 0.340. The lowest BCUT2D eigenvalue weighted by atomic mass is 9.97. The van der Waals surface area contributed by atoms with Crippen LogP contribution in [0.2, 0.25) is 0 Å². The molecule has 84 valence electrons. The molecule has 1 aliphatic rings. The monoisotopic (exact) mass is 200 g/mol. The number of quaternary nitrogens is 1. The zero-order valence-corrected chi connectivity index (χ0v) is 10.6. The molecule has 1 heterocycles. The van der Waals surface area contributed by atoms with Gasteiger partial charge >= 0.3 is 0 Å². The fourth-order valence-corrected chi connectivity index (χ4v) is 3.03. The van der Waals surface area contributed by atoms with Crippen LogP contribution in [0.1, 0.15) is 40.5 Å². The Morgan fingerprint density at radius 2 is 1.86 bits per heavy atom. The average Bonchev–Trinajstić information content (AvgIpc) is 2.27. The average molecular weight is 200 g/mol. The van der Waals surface area contributed by atoms with Crippen LogP contribution in [0.3, 0.4) is 0 Å². The molecule has 0 aromatic rings. The summed E-state index contributed by atoms with van der Waals surface area (Å²) < 4.78 is 6.78. The number of likely N-dealkylation sites (tertiary alicyclic amines) is 1. The van der Waals surface area contributed by atoms with E-state index in [-0.39, 0.29) is 0 Å². The van der Waals surface area contributed by atoms with E-state index in [4.69, 9.17) is 4.74 Å². The predicted molar refractivity (Wildman–Crippen MR) is 60.0 cm³/mol. The summed E-state index contributed by atoms with van der Waals surface area (Å²) >= 11 is 0. The molecule has 0 aromatic heterocycles. The summed E-state index contributed by atoms with van der Waals surface area (Å²) in [4.78, 5) is 0. The first-order chi connectivity index (χ1) is 6.35. The number of nitrogens with zero attached hydrogens (tertiary/aromatic N) is 1. The van der Waals surface area contributed by atoms with Gasteiger partial charge in [-0.2, -0.15) is 0 Å². The SMILES string of the molecule is COC(C(C)C)[N+]1(C)CCCC1(C)C. The van der Waals surface area contributed by atoms with Crippen molar-refractivity contribution in [2.24, 2.45) is 5.92 Å². The van der Waals surface area contributed by atoms with Crippen LogP contribution in [-0.4, -0.2) is 37.0 Å². The first kappa shape index (κ1) is 12.0. The van der Waals surface area contributed by atoms with Gasteiger partial charge in [0, 0.05) is 25.9 Å². The summed E-state index contributed by atoms with van der Waals surface area (Å²) in [5.41, 5.74) is 0.366. The Kier molecular flexibility index (Phi) is 3.27. The van der Waals surface area contributed by atoms with Crippen LogP contribution in [0.25, 0.3) is 0 Å². The van der Waals surface area contributed by atoms with Crippen molar-refractivity contribution < 1.29 is 9.22 Å². The summed E-state index contributed by atoms with van der Waals surface area (Å²) in [7, 11) is 4.20. The van der Waals surface area contributed by atoms with Crippen LogP contribution in [0.4, 0.5) is 0 Å². The third kappa shape index (κ3) is 1.70. The minimum atomic E-state index is 0.340. The van der Waals surface area contributed by atoms with E-state index in [0.717, 1.165) is 4.48 Å². The zero-order valence-electron chi connectivity index (χ0n) is 10.6. The topological polar surface area (TPSA) is 9.23 Å². The molecule has 1 saturated heterocycles. The van der Waals surface area contributed by atoms with Crippen molar-refractivity contribution in [1.29, 1.82) is 0 Å². The molecule has 2 atom stereocenters. The van der Waals surface area contributed by atoms with Gasteiger partial charge in [-0.05, 0) is 13.8 Å². The van der Waals surface area contributed by atoms with E-state index in [1.165, 1.54) is 19.4 Å². The maximum atomic E-state index is 5.71. The summed E-state index contributed by atoms with van der Waals surface area (Å²) in [5.74, 6) is 0.586. The predicted octanol–water partition coefficient (Wildman–Crippen LogP) is 2.63. The first-order valence-corrected chi connectivity index (χ1v) is 5.73. The largest absolute Gasteiger partial charge is 0.332 e. The van der Waals surface area contributed by atoms with E-state index < -0.39 is 0 Å². The molecule has 0 N–H and O–H groups in total. The fourth-order valence-electron chi connectivity index (χ4n) is 3.03. The van der Waals surface area contributed by atoms with Crippen molar-refractivity contribution >= 4 is 0 Å². The van der Waals surface area contributed by atoms with Gasteiger partial charge in [0.2, 0.25) is 0 Å². The summed E-state index contributed by atoms with van der Waals surface area (Å²) in [6.45, 7) is 10.5. The third-order valence-electron chi connectivity index (χ3n) is 4.17. The molecule has 1 aliphatic heterocycles. The van der Waals surface area contributed by atoms with E-state index in [1.807, 2.05) is 7.11 Å². The van der Waals surface area contributed by atoms with E-state index in [2.05, 4.69) is 34.7 Å². The molecule has 0 spiro atoms. The van der Waals surface area contributed by atoms with Gasteiger partial charge in [-0.3, -0.25) is 4.48 Å². The van der Waals surface area contributed by atoms with Crippen LogP contribution in [-0.2, 0) is 4.74 Å². The second kappa shape index (κ2) is 3.82. The Bertz CT molecular complexity index is 200. The lowest BCUT2D eigenvalue weighted by molar-refractivity contribution is -0.988. The van der Waals surface area contributed by atoms with Gasteiger partial charge in [-0.1, -0.05) is 13.8 Å². The van der Waals surface area contributed by atoms with E-state index in [1.54, 1.807) is 0 Å². The molecule has 0 saturated carbocycles. The molecular formula is C12H26NO+. The molecule has 0 radical (unpaired) electrons. The molecule has 2 heteroatoms. The summed E-state index contributed by atoms with van der Waals surface area (Å²) in [6.07, 6.45) is 2.99. The van der Waals surface area contributed by atoms with Gasteiger partial charge in [0.05, 0.1) is 19.1 Å². The highest BCUT2D eigenvalue weighted by Crippen LogP contribution is 2.39. The number of methoxy groups -OCH3 is 1. The Morgan fingerprint density at radius 3 is 2.14 bits per heavy atom. The Labute approximate surface area is 88.8 Å². The molecule has 1 rings (SSSR count). The Morgan fingerprint density at radius 1 is 1.29 bits per heavy atom. The van der Waals surface area contributed by atoms with Crippen molar-refractivity contribution in [3.63, 3.8) is 0 Å². The second-order valence-electron chi connectivity index (χ2n) is 5.78. The Balaban J connectivity index is 2.92. The standard InChI is InChI=1S/C12H26NO/c1-10(2)11(14-6)13(5)9-7-8-12(13,3)4/h10-11H,7-9H2,1-6H3/q+1. The maximum Gasteiger partial charge on any atom is 0.195 e. The van der Waals surface area contributed by atoms with Crippen LogP contribution < -0.4 is 0 Å². The van der Waals surface area contributed by atoms with Crippen molar-refractivity contribution in [1.82, 2.24) is 0 Å². The number of rotatable bonds is 3. The molecule has 0 bridgehead atoms. The highest BCUT2D eigenvalue weighted by atomic mass is 16.5. The number of ether oxygens (including phenoxy) is 1. The van der Waals surface area contributed by atoms with E-state index >= 15 is 0 Å². The van der Waals surface area contributed by atoms with E-state index in [0.29, 0.717) is 17.7 Å².